The molecule has 6 heteroatoms. The van der Waals surface area contributed by atoms with Crippen molar-refractivity contribution in [3.63, 3.8) is 0 Å². The lowest BCUT2D eigenvalue weighted by Crippen LogP contribution is -2.49. The van der Waals surface area contributed by atoms with Gasteiger partial charge in [0.2, 0.25) is 0 Å². The van der Waals surface area contributed by atoms with E-state index in [0.717, 1.165) is 22.6 Å². The summed E-state index contributed by atoms with van der Waals surface area (Å²) >= 11 is 0. The number of amides is 1. The van der Waals surface area contributed by atoms with Gasteiger partial charge in [-0.15, -0.1) is 0 Å². The van der Waals surface area contributed by atoms with Crippen LogP contribution in [0.5, 0.6) is 0 Å². The van der Waals surface area contributed by atoms with Crippen molar-refractivity contribution < 1.29 is 9.18 Å². The van der Waals surface area contributed by atoms with Crippen molar-refractivity contribution in [2.24, 2.45) is 0 Å². The standard InChI is InChI=1S/C30H29FN4O/c1-21-11-13-24(14-12-21)30(36)35-17-15-34(16-18-35)29-27(19-23-7-4-3-5-8-23)22(2)32-28(33-29)25-9-6-10-26(31)20-25/h3-14,20H,15-19H2,1-2H3. The summed E-state index contributed by atoms with van der Waals surface area (Å²) in [6, 6.07) is 24.4. The third-order valence-corrected chi connectivity index (χ3v) is 6.66. The normalized spacial score (nSPS) is 13.6. The number of carbonyl (C=O) groups is 1. The Morgan fingerprint density at radius 3 is 2.28 bits per heavy atom. The molecule has 2 heterocycles. The number of benzene rings is 3. The molecule has 5 nitrogen and oxygen atoms in total. The first-order valence-corrected chi connectivity index (χ1v) is 12.3. The van der Waals surface area contributed by atoms with Crippen LogP contribution in [0.2, 0.25) is 0 Å². The van der Waals surface area contributed by atoms with E-state index in [0.29, 0.717) is 49.6 Å². The second-order valence-corrected chi connectivity index (χ2v) is 9.25. The molecule has 1 fully saturated rings. The van der Waals surface area contributed by atoms with Gasteiger partial charge in [-0.1, -0.05) is 60.2 Å². The van der Waals surface area contributed by atoms with Gasteiger partial charge < -0.3 is 9.80 Å². The molecular formula is C30H29FN4O. The molecule has 0 unspecified atom stereocenters. The molecule has 1 aromatic heterocycles. The summed E-state index contributed by atoms with van der Waals surface area (Å²) in [6.45, 7) is 6.55. The maximum absolute atomic E-state index is 14.0. The molecule has 0 saturated carbocycles. The maximum atomic E-state index is 14.0. The van der Waals surface area contributed by atoms with E-state index in [4.69, 9.17) is 9.97 Å². The summed E-state index contributed by atoms with van der Waals surface area (Å²) < 4.78 is 14.0. The molecular weight excluding hydrogens is 451 g/mol. The molecule has 3 aromatic carbocycles. The van der Waals surface area contributed by atoms with E-state index in [2.05, 4.69) is 17.0 Å². The predicted octanol–water partition coefficient (Wildman–Crippen LogP) is 5.45. The highest BCUT2D eigenvalue weighted by atomic mass is 19.1. The molecule has 36 heavy (non-hydrogen) atoms. The van der Waals surface area contributed by atoms with Crippen molar-refractivity contribution >= 4 is 11.7 Å². The van der Waals surface area contributed by atoms with Crippen molar-refractivity contribution in [1.82, 2.24) is 14.9 Å². The number of halogens is 1. The number of nitrogens with zero attached hydrogens (tertiary/aromatic N) is 4. The Kier molecular flexibility index (Phi) is 6.76. The van der Waals surface area contributed by atoms with Crippen LogP contribution in [0, 0.1) is 19.7 Å². The molecule has 0 atom stereocenters. The number of piperazine rings is 1. The van der Waals surface area contributed by atoms with Crippen LogP contribution in [0.3, 0.4) is 0 Å². The third-order valence-electron chi connectivity index (χ3n) is 6.66. The number of rotatable bonds is 5. The smallest absolute Gasteiger partial charge is 0.253 e. The van der Waals surface area contributed by atoms with Crippen LogP contribution in [0.1, 0.15) is 32.7 Å². The average Bonchev–Trinajstić information content (AvgIpc) is 2.90. The van der Waals surface area contributed by atoms with E-state index in [1.165, 1.54) is 17.7 Å². The lowest BCUT2D eigenvalue weighted by atomic mass is 10.0. The minimum atomic E-state index is -0.313. The minimum absolute atomic E-state index is 0.0541. The first-order chi connectivity index (χ1) is 17.5. The first kappa shape index (κ1) is 23.7. The average molecular weight is 481 g/mol. The monoisotopic (exact) mass is 480 g/mol. The number of aryl methyl sites for hydroxylation is 2. The van der Waals surface area contributed by atoms with E-state index < -0.39 is 0 Å². The second kappa shape index (κ2) is 10.3. The zero-order chi connectivity index (χ0) is 25.1. The zero-order valence-corrected chi connectivity index (χ0v) is 20.6. The Morgan fingerprint density at radius 1 is 0.861 bits per heavy atom. The van der Waals surface area contributed by atoms with Gasteiger partial charge in [-0.25, -0.2) is 14.4 Å². The number of hydrogen-bond donors (Lipinski definition) is 0. The molecule has 1 saturated heterocycles. The molecule has 5 rings (SSSR count). The van der Waals surface area contributed by atoms with Crippen LogP contribution in [0.4, 0.5) is 10.2 Å². The summed E-state index contributed by atoms with van der Waals surface area (Å²) in [6.07, 6.45) is 0.702. The van der Waals surface area contributed by atoms with Gasteiger partial charge in [-0.3, -0.25) is 4.79 Å². The second-order valence-electron chi connectivity index (χ2n) is 9.25. The molecule has 0 spiro atoms. The van der Waals surface area contributed by atoms with E-state index in [1.54, 1.807) is 6.07 Å². The van der Waals surface area contributed by atoms with Crippen LogP contribution in [-0.4, -0.2) is 47.0 Å². The fourth-order valence-electron chi connectivity index (χ4n) is 4.61. The highest BCUT2D eigenvalue weighted by Gasteiger charge is 2.26. The van der Waals surface area contributed by atoms with Crippen molar-refractivity contribution in [3.05, 3.63) is 113 Å². The molecule has 0 radical (unpaired) electrons. The fraction of sp³-hybridized carbons (Fsp3) is 0.233. The van der Waals surface area contributed by atoms with E-state index in [1.807, 2.05) is 67.3 Å². The Hall–Kier alpha value is -4.06. The minimum Gasteiger partial charge on any atom is -0.353 e. The number of carbonyl (C=O) groups excluding carboxylic acids is 1. The predicted molar refractivity (Wildman–Crippen MR) is 141 cm³/mol. The lowest BCUT2D eigenvalue weighted by Gasteiger charge is -2.36. The fourth-order valence-corrected chi connectivity index (χ4v) is 4.61. The van der Waals surface area contributed by atoms with Crippen molar-refractivity contribution in [2.75, 3.05) is 31.1 Å². The molecule has 0 N–H and O–H groups in total. The SMILES string of the molecule is Cc1ccc(C(=O)N2CCN(c3nc(-c4cccc(F)c4)nc(C)c3Cc3ccccc3)CC2)cc1. The van der Waals surface area contributed by atoms with E-state index >= 15 is 0 Å². The highest BCUT2D eigenvalue weighted by molar-refractivity contribution is 5.94. The molecule has 4 aromatic rings. The molecule has 182 valence electrons. The molecule has 0 aliphatic carbocycles. The van der Waals surface area contributed by atoms with Crippen LogP contribution in [-0.2, 0) is 6.42 Å². The van der Waals surface area contributed by atoms with Gasteiger partial charge in [-0.2, -0.15) is 0 Å². The molecule has 1 aliphatic rings. The van der Waals surface area contributed by atoms with Gasteiger partial charge in [0.1, 0.15) is 11.6 Å². The van der Waals surface area contributed by atoms with Crippen molar-refractivity contribution in [1.29, 1.82) is 0 Å². The third kappa shape index (κ3) is 5.13. The van der Waals surface area contributed by atoms with Gasteiger partial charge in [0.15, 0.2) is 5.82 Å². The van der Waals surface area contributed by atoms with Gasteiger partial charge in [-0.05, 0) is 43.7 Å². The highest BCUT2D eigenvalue weighted by Crippen LogP contribution is 2.29. The quantitative estimate of drug-likeness (QED) is 0.381. The Balaban J connectivity index is 1.44. The summed E-state index contributed by atoms with van der Waals surface area (Å²) in [4.78, 5) is 26.9. The Labute approximate surface area is 211 Å². The van der Waals surface area contributed by atoms with Gasteiger partial charge in [0.25, 0.3) is 5.91 Å². The zero-order valence-electron chi connectivity index (χ0n) is 20.6. The lowest BCUT2D eigenvalue weighted by molar-refractivity contribution is 0.0746. The summed E-state index contributed by atoms with van der Waals surface area (Å²) in [7, 11) is 0. The topological polar surface area (TPSA) is 49.3 Å². The number of anilines is 1. The van der Waals surface area contributed by atoms with Gasteiger partial charge >= 0.3 is 0 Å². The summed E-state index contributed by atoms with van der Waals surface area (Å²) in [5.74, 6) is 1.11. The summed E-state index contributed by atoms with van der Waals surface area (Å²) in [5.41, 5.74) is 5.61. The van der Waals surface area contributed by atoms with Gasteiger partial charge in [0.05, 0.1) is 0 Å². The number of aromatic nitrogens is 2. The molecule has 0 bridgehead atoms. The largest absolute Gasteiger partial charge is 0.353 e. The Bertz CT molecular complexity index is 1360. The van der Waals surface area contributed by atoms with Crippen LogP contribution >= 0.6 is 0 Å². The van der Waals surface area contributed by atoms with Gasteiger partial charge in [0, 0.05) is 55.0 Å². The molecule has 1 amide bonds. The van der Waals surface area contributed by atoms with E-state index in [-0.39, 0.29) is 11.7 Å². The van der Waals surface area contributed by atoms with Crippen LogP contribution in [0.15, 0.2) is 78.9 Å². The van der Waals surface area contributed by atoms with Crippen molar-refractivity contribution in [3.8, 4) is 11.4 Å². The van der Waals surface area contributed by atoms with Crippen LogP contribution in [0.25, 0.3) is 11.4 Å². The summed E-state index contributed by atoms with van der Waals surface area (Å²) in [5, 5.41) is 0. The van der Waals surface area contributed by atoms with Crippen molar-refractivity contribution in [2.45, 2.75) is 20.3 Å². The molecule has 1 aliphatic heterocycles. The van der Waals surface area contributed by atoms with E-state index in [9.17, 15) is 9.18 Å². The first-order valence-electron chi connectivity index (χ1n) is 12.3. The Morgan fingerprint density at radius 2 is 1.58 bits per heavy atom. The number of hydrogen-bond acceptors (Lipinski definition) is 4. The van der Waals surface area contributed by atoms with Crippen LogP contribution < -0.4 is 4.90 Å². The maximum Gasteiger partial charge on any atom is 0.253 e.